The largest absolute Gasteiger partial charge is 0.495 e. The van der Waals surface area contributed by atoms with E-state index in [-0.39, 0.29) is 12.5 Å². The second kappa shape index (κ2) is 9.60. The van der Waals surface area contributed by atoms with E-state index in [1.807, 2.05) is 6.07 Å². The Hall–Kier alpha value is -2.74. The number of amides is 1. The van der Waals surface area contributed by atoms with E-state index in [9.17, 15) is 13.2 Å². The highest BCUT2D eigenvalue weighted by Crippen LogP contribution is 2.28. The summed E-state index contributed by atoms with van der Waals surface area (Å²) in [5, 5.41) is 3.47. The molecule has 0 fully saturated rings. The van der Waals surface area contributed by atoms with Crippen molar-refractivity contribution in [2.24, 2.45) is 0 Å². The Morgan fingerprint density at radius 1 is 1.00 bits per heavy atom. The number of sulfonamides is 1. The van der Waals surface area contributed by atoms with Crippen LogP contribution in [0.15, 0.2) is 66.7 Å². The standard InChI is InChI=1S/C22H20Cl2N2O4S/c1-30-21-6-4-3-5-20(21)25-22(27)16-9-7-15(8-10-16)14-26(31(2,28)29)19-12-17(23)11-18(24)13-19/h3-13H,14H2,1-2H3,(H,25,27). The zero-order valence-electron chi connectivity index (χ0n) is 16.8. The molecule has 0 bridgehead atoms. The van der Waals surface area contributed by atoms with Gasteiger partial charge in [0.25, 0.3) is 5.91 Å². The van der Waals surface area contributed by atoms with Gasteiger partial charge in [0.2, 0.25) is 10.0 Å². The maximum atomic E-state index is 12.6. The molecular formula is C22H20Cl2N2O4S. The van der Waals surface area contributed by atoms with Crippen molar-refractivity contribution in [3.05, 3.63) is 87.9 Å². The molecule has 9 heteroatoms. The first-order valence-corrected chi connectivity index (χ1v) is 11.7. The van der Waals surface area contributed by atoms with E-state index < -0.39 is 10.0 Å². The van der Waals surface area contributed by atoms with Gasteiger partial charge in [-0.05, 0) is 48.0 Å². The normalized spacial score (nSPS) is 11.1. The van der Waals surface area contributed by atoms with Crippen molar-refractivity contribution in [2.45, 2.75) is 6.54 Å². The van der Waals surface area contributed by atoms with Crippen LogP contribution in [0.2, 0.25) is 10.0 Å². The van der Waals surface area contributed by atoms with Gasteiger partial charge < -0.3 is 10.1 Å². The molecule has 6 nitrogen and oxygen atoms in total. The van der Waals surface area contributed by atoms with Crippen LogP contribution in [0, 0.1) is 0 Å². The molecule has 1 amide bonds. The van der Waals surface area contributed by atoms with Crippen LogP contribution < -0.4 is 14.4 Å². The number of nitrogens with one attached hydrogen (secondary N) is 1. The summed E-state index contributed by atoms with van der Waals surface area (Å²) in [5.41, 5.74) is 2.03. The number of methoxy groups -OCH3 is 1. The number of para-hydroxylation sites is 2. The van der Waals surface area contributed by atoms with Gasteiger partial charge in [-0.15, -0.1) is 0 Å². The average Bonchev–Trinajstić information content (AvgIpc) is 2.71. The molecule has 1 N–H and O–H groups in total. The van der Waals surface area contributed by atoms with Gasteiger partial charge in [0.15, 0.2) is 0 Å². The summed E-state index contributed by atoms with van der Waals surface area (Å²) in [6, 6.07) is 18.3. The molecule has 0 aromatic heterocycles. The van der Waals surface area contributed by atoms with Crippen LogP contribution >= 0.6 is 23.2 Å². The fourth-order valence-electron chi connectivity index (χ4n) is 2.95. The molecular weight excluding hydrogens is 459 g/mol. The number of carbonyl (C=O) groups excluding carboxylic acids is 1. The predicted octanol–water partition coefficient (Wildman–Crippen LogP) is 5.22. The molecule has 3 aromatic carbocycles. The Morgan fingerprint density at radius 3 is 2.19 bits per heavy atom. The Balaban J connectivity index is 1.80. The molecule has 0 heterocycles. The fraction of sp³-hybridized carbons (Fsp3) is 0.136. The molecule has 0 spiro atoms. The Kier molecular flexibility index (Phi) is 7.10. The van der Waals surface area contributed by atoms with E-state index in [0.29, 0.717) is 38.3 Å². The number of carbonyl (C=O) groups is 1. The van der Waals surface area contributed by atoms with Gasteiger partial charge in [-0.1, -0.05) is 47.5 Å². The Labute approximate surface area is 191 Å². The zero-order valence-corrected chi connectivity index (χ0v) is 19.1. The number of hydrogen-bond acceptors (Lipinski definition) is 4. The fourth-order valence-corrected chi connectivity index (χ4v) is 4.34. The highest BCUT2D eigenvalue weighted by atomic mass is 35.5. The van der Waals surface area contributed by atoms with Gasteiger partial charge in [0.1, 0.15) is 5.75 Å². The number of rotatable bonds is 7. The van der Waals surface area contributed by atoms with Crippen molar-refractivity contribution in [3.63, 3.8) is 0 Å². The van der Waals surface area contributed by atoms with Crippen molar-refractivity contribution in [1.82, 2.24) is 0 Å². The van der Waals surface area contributed by atoms with Crippen LogP contribution in [0.1, 0.15) is 15.9 Å². The molecule has 31 heavy (non-hydrogen) atoms. The lowest BCUT2D eigenvalue weighted by molar-refractivity contribution is 0.102. The lowest BCUT2D eigenvalue weighted by atomic mass is 10.1. The minimum atomic E-state index is -3.60. The predicted molar refractivity (Wildman–Crippen MR) is 125 cm³/mol. The number of anilines is 2. The second-order valence-electron chi connectivity index (χ2n) is 6.75. The topological polar surface area (TPSA) is 75.7 Å². The SMILES string of the molecule is COc1ccccc1NC(=O)c1ccc(CN(c2cc(Cl)cc(Cl)c2)S(C)(=O)=O)cc1. The smallest absolute Gasteiger partial charge is 0.255 e. The van der Waals surface area contributed by atoms with Gasteiger partial charge in [0, 0.05) is 15.6 Å². The molecule has 0 saturated heterocycles. The monoisotopic (exact) mass is 478 g/mol. The summed E-state index contributed by atoms with van der Waals surface area (Å²) in [7, 11) is -2.07. The van der Waals surface area contributed by atoms with Crippen LogP contribution in [0.3, 0.4) is 0 Å². The first-order valence-electron chi connectivity index (χ1n) is 9.14. The highest BCUT2D eigenvalue weighted by molar-refractivity contribution is 7.92. The van der Waals surface area contributed by atoms with Gasteiger partial charge in [-0.25, -0.2) is 8.42 Å². The number of hydrogen-bond donors (Lipinski definition) is 1. The summed E-state index contributed by atoms with van der Waals surface area (Å²) in [4.78, 5) is 12.6. The lowest BCUT2D eigenvalue weighted by Gasteiger charge is -2.23. The van der Waals surface area contributed by atoms with E-state index in [2.05, 4.69) is 5.32 Å². The maximum absolute atomic E-state index is 12.6. The number of halogens is 2. The van der Waals surface area contributed by atoms with E-state index in [0.717, 1.165) is 6.26 Å². The van der Waals surface area contributed by atoms with Crippen LogP contribution in [0.5, 0.6) is 5.75 Å². The van der Waals surface area contributed by atoms with E-state index in [4.69, 9.17) is 27.9 Å². The molecule has 162 valence electrons. The summed E-state index contributed by atoms with van der Waals surface area (Å²) in [6.45, 7) is 0.0594. The van der Waals surface area contributed by atoms with Crippen LogP contribution in [-0.4, -0.2) is 27.7 Å². The highest BCUT2D eigenvalue weighted by Gasteiger charge is 2.19. The van der Waals surface area contributed by atoms with Gasteiger partial charge >= 0.3 is 0 Å². The molecule has 0 aliphatic rings. The average molecular weight is 479 g/mol. The summed E-state index contributed by atoms with van der Waals surface area (Å²) in [5.74, 6) is 0.245. The van der Waals surface area contributed by atoms with E-state index in [1.54, 1.807) is 42.5 Å². The third kappa shape index (κ3) is 5.91. The Bertz CT molecular complexity index is 1180. The second-order valence-corrected chi connectivity index (χ2v) is 9.53. The third-order valence-electron chi connectivity index (χ3n) is 4.43. The van der Waals surface area contributed by atoms with Crippen molar-refractivity contribution in [3.8, 4) is 5.75 Å². The summed E-state index contributed by atoms with van der Waals surface area (Å²) < 4.78 is 31.2. The van der Waals surface area contributed by atoms with Crippen LogP contribution in [-0.2, 0) is 16.6 Å². The zero-order chi connectivity index (χ0) is 22.6. The van der Waals surface area contributed by atoms with Gasteiger partial charge in [0.05, 0.1) is 31.3 Å². The van der Waals surface area contributed by atoms with Crippen LogP contribution in [0.4, 0.5) is 11.4 Å². The molecule has 0 aliphatic carbocycles. The molecule has 3 rings (SSSR count). The molecule has 0 radical (unpaired) electrons. The van der Waals surface area contributed by atoms with Crippen molar-refractivity contribution in [1.29, 1.82) is 0 Å². The van der Waals surface area contributed by atoms with E-state index >= 15 is 0 Å². The Morgan fingerprint density at radius 2 is 1.61 bits per heavy atom. The first kappa shape index (κ1) is 22.9. The number of benzene rings is 3. The molecule has 0 saturated carbocycles. The van der Waals surface area contributed by atoms with Gasteiger partial charge in [-0.3, -0.25) is 9.10 Å². The minimum absolute atomic E-state index is 0.0594. The molecule has 0 unspecified atom stereocenters. The summed E-state index contributed by atoms with van der Waals surface area (Å²) in [6.07, 6.45) is 1.11. The van der Waals surface area contributed by atoms with Crippen LogP contribution in [0.25, 0.3) is 0 Å². The lowest BCUT2D eigenvalue weighted by Crippen LogP contribution is -2.29. The van der Waals surface area contributed by atoms with Crippen molar-refractivity contribution in [2.75, 3.05) is 23.0 Å². The molecule has 0 atom stereocenters. The molecule has 3 aromatic rings. The minimum Gasteiger partial charge on any atom is -0.495 e. The summed E-state index contributed by atoms with van der Waals surface area (Å²) >= 11 is 12.1. The quantitative estimate of drug-likeness (QED) is 0.504. The van der Waals surface area contributed by atoms with Gasteiger partial charge in [-0.2, -0.15) is 0 Å². The van der Waals surface area contributed by atoms with Crippen molar-refractivity contribution < 1.29 is 17.9 Å². The number of nitrogens with zero attached hydrogens (tertiary/aromatic N) is 1. The number of ether oxygens (including phenoxy) is 1. The third-order valence-corrected chi connectivity index (χ3v) is 6.01. The molecule has 0 aliphatic heterocycles. The van der Waals surface area contributed by atoms with Crippen molar-refractivity contribution >= 4 is 50.5 Å². The maximum Gasteiger partial charge on any atom is 0.255 e. The van der Waals surface area contributed by atoms with E-state index in [1.165, 1.54) is 29.6 Å². The first-order chi connectivity index (χ1) is 14.7.